The number of aliphatic hydroxyl groups is 1. The van der Waals surface area contributed by atoms with Gasteiger partial charge in [0.15, 0.2) is 11.5 Å². The topological polar surface area (TPSA) is 150 Å². The Morgan fingerprint density at radius 1 is 1.50 bits per heavy atom. The predicted molar refractivity (Wildman–Crippen MR) is 72.3 cm³/mol. The van der Waals surface area contributed by atoms with Crippen LogP contribution < -0.4 is 40.2 Å². The number of imidazole rings is 1. The molecule has 2 aromatic heterocycles. The SMILES string of the molecule is Nc1ncnc2c1ncn2[C@H]1CC[C@@](O)(CP(=O)([O-])O)C1.[Na+]. The second kappa shape index (κ2) is 6.16. The average Bonchev–Trinajstić information content (AvgIpc) is 2.91. The molecule has 0 radical (unpaired) electrons. The normalized spacial score (nSPS) is 27.5. The number of anilines is 1. The van der Waals surface area contributed by atoms with Gasteiger partial charge in [0.25, 0.3) is 0 Å². The van der Waals surface area contributed by atoms with Crippen LogP contribution in [-0.2, 0) is 4.57 Å². The molecule has 0 aliphatic heterocycles. The van der Waals surface area contributed by atoms with Crippen LogP contribution in [-0.4, -0.2) is 41.3 Å². The van der Waals surface area contributed by atoms with Crippen LogP contribution in [0.25, 0.3) is 11.2 Å². The summed E-state index contributed by atoms with van der Waals surface area (Å²) in [6.07, 6.45) is 3.30. The first kappa shape index (κ1) is 17.8. The first-order valence-electron chi connectivity index (χ1n) is 6.46. The van der Waals surface area contributed by atoms with Crippen molar-refractivity contribution in [3.8, 4) is 0 Å². The van der Waals surface area contributed by atoms with Gasteiger partial charge in [-0.05, 0) is 19.3 Å². The Kier molecular flexibility index (Phi) is 4.99. The molecule has 3 atom stereocenters. The maximum Gasteiger partial charge on any atom is 1.00 e. The largest absolute Gasteiger partial charge is 1.00 e. The van der Waals surface area contributed by atoms with E-state index in [1.165, 1.54) is 6.33 Å². The third kappa shape index (κ3) is 3.51. The molecule has 0 bridgehead atoms. The van der Waals surface area contributed by atoms with Crippen LogP contribution >= 0.6 is 7.60 Å². The minimum atomic E-state index is -4.51. The van der Waals surface area contributed by atoms with Crippen molar-refractivity contribution in [2.24, 2.45) is 0 Å². The molecular formula is C11H15N5NaO4P. The molecule has 1 fully saturated rings. The summed E-state index contributed by atoms with van der Waals surface area (Å²) in [5, 5.41) is 10.3. The second-order valence-electron chi connectivity index (χ2n) is 5.50. The van der Waals surface area contributed by atoms with E-state index in [9.17, 15) is 14.6 Å². The molecular weight excluding hydrogens is 320 g/mol. The van der Waals surface area contributed by atoms with Crippen LogP contribution in [0.2, 0.25) is 0 Å². The van der Waals surface area contributed by atoms with E-state index in [0.29, 0.717) is 17.6 Å². The van der Waals surface area contributed by atoms with Gasteiger partial charge in [-0.15, -0.1) is 0 Å². The third-order valence-corrected chi connectivity index (χ3v) is 4.82. The molecule has 0 amide bonds. The molecule has 0 aromatic carbocycles. The molecule has 1 unspecified atom stereocenters. The summed E-state index contributed by atoms with van der Waals surface area (Å²) in [6.45, 7) is 0. The van der Waals surface area contributed by atoms with Gasteiger partial charge in [0.05, 0.1) is 11.9 Å². The minimum absolute atomic E-state index is 0. The molecule has 4 N–H and O–H groups in total. The molecule has 1 saturated carbocycles. The van der Waals surface area contributed by atoms with E-state index in [4.69, 9.17) is 10.6 Å². The van der Waals surface area contributed by atoms with E-state index >= 15 is 0 Å². The van der Waals surface area contributed by atoms with Crippen molar-refractivity contribution in [3.05, 3.63) is 12.7 Å². The summed E-state index contributed by atoms with van der Waals surface area (Å²) < 4.78 is 12.8. The van der Waals surface area contributed by atoms with Crippen LogP contribution in [0.4, 0.5) is 5.82 Å². The summed E-state index contributed by atoms with van der Waals surface area (Å²) in [5.41, 5.74) is 5.32. The summed E-state index contributed by atoms with van der Waals surface area (Å²) >= 11 is 0. The monoisotopic (exact) mass is 335 g/mol. The van der Waals surface area contributed by atoms with Crippen LogP contribution in [0.3, 0.4) is 0 Å². The van der Waals surface area contributed by atoms with Gasteiger partial charge in [0.2, 0.25) is 0 Å². The van der Waals surface area contributed by atoms with Crippen molar-refractivity contribution >= 4 is 24.6 Å². The van der Waals surface area contributed by atoms with Crippen molar-refractivity contribution < 1.29 is 49.0 Å². The van der Waals surface area contributed by atoms with E-state index in [1.54, 1.807) is 10.9 Å². The summed E-state index contributed by atoms with van der Waals surface area (Å²) in [6, 6.07) is -0.152. The van der Waals surface area contributed by atoms with Crippen molar-refractivity contribution in [3.63, 3.8) is 0 Å². The van der Waals surface area contributed by atoms with E-state index in [1.807, 2.05) is 0 Å². The molecule has 1 aliphatic rings. The number of nitrogen functional groups attached to an aromatic ring is 1. The standard InChI is InChI=1S/C11H16N5O4P.Na/c12-9-8-10(14-5-13-9)16(6-15-8)7-1-2-11(17,3-7)4-21(18,19)20;/h5-7,17H,1-4H2,(H2,12,13,14)(H2,18,19,20);/q;+1/p-1/t7-,11-;/m0./s1. The van der Waals surface area contributed by atoms with Crippen molar-refractivity contribution in [2.45, 2.75) is 30.9 Å². The Hall–Kier alpha value is -0.540. The number of aromatic nitrogens is 4. The summed E-state index contributed by atoms with van der Waals surface area (Å²) in [4.78, 5) is 32.1. The van der Waals surface area contributed by atoms with E-state index in [0.717, 1.165) is 0 Å². The van der Waals surface area contributed by atoms with Gasteiger partial charge in [-0.3, -0.25) is 0 Å². The Bertz CT molecular complexity index is 734. The fourth-order valence-electron chi connectivity index (χ4n) is 2.97. The zero-order valence-electron chi connectivity index (χ0n) is 12.1. The van der Waals surface area contributed by atoms with Crippen molar-refractivity contribution in [1.29, 1.82) is 0 Å². The quantitative estimate of drug-likeness (QED) is 0.385. The van der Waals surface area contributed by atoms with E-state index in [-0.39, 0.29) is 54.3 Å². The summed E-state index contributed by atoms with van der Waals surface area (Å²) in [5.74, 6) is 0.270. The molecule has 9 nitrogen and oxygen atoms in total. The Morgan fingerprint density at radius 2 is 2.23 bits per heavy atom. The van der Waals surface area contributed by atoms with Gasteiger partial charge in [0.1, 0.15) is 19.4 Å². The van der Waals surface area contributed by atoms with Crippen LogP contribution in [0, 0.1) is 0 Å². The molecule has 0 saturated heterocycles. The maximum atomic E-state index is 11.0. The van der Waals surface area contributed by atoms with Gasteiger partial charge >= 0.3 is 29.6 Å². The third-order valence-electron chi connectivity index (χ3n) is 3.83. The molecule has 11 heteroatoms. The Morgan fingerprint density at radius 3 is 2.91 bits per heavy atom. The van der Waals surface area contributed by atoms with Gasteiger partial charge in [0, 0.05) is 12.2 Å². The zero-order valence-corrected chi connectivity index (χ0v) is 15.0. The fourth-order valence-corrected chi connectivity index (χ4v) is 4.00. The fraction of sp³-hybridized carbons (Fsp3) is 0.545. The zero-order chi connectivity index (χ0) is 15.3. The number of nitrogens with zero attached hydrogens (tertiary/aromatic N) is 4. The number of fused-ring (bicyclic) bond motifs is 1. The first-order valence-corrected chi connectivity index (χ1v) is 8.22. The molecule has 0 spiro atoms. The second-order valence-corrected chi connectivity index (χ2v) is 7.09. The van der Waals surface area contributed by atoms with E-state index < -0.39 is 19.4 Å². The Labute approximate surface area is 148 Å². The summed E-state index contributed by atoms with van der Waals surface area (Å²) in [7, 11) is -4.51. The minimum Gasteiger partial charge on any atom is -0.779 e. The van der Waals surface area contributed by atoms with Crippen LogP contribution in [0.1, 0.15) is 25.3 Å². The van der Waals surface area contributed by atoms with E-state index in [2.05, 4.69) is 15.0 Å². The number of hydrogen-bond donors (Lipinski definition) is 3. The molecule has 114 valence electrons. The maximum absolute atomic E-state index is 11.0. The van der Waals surface area contributed by atoms with Crippen molar-refractivity contribution in [1.82, 2.24) is 19.5 Å². The van der Waals surface area contributed by atoms with Crippen LogP contribution in [0.15, 0.2) is 12.7 Å². The number of hydrogen-bond acceptors (Lipinski definition) is 7. The predicted octanol–water partition coefficient (Wildman–Crippen LogP) is -3.59. The molecule has 2 heterocycles. The van der Waals surface area contributed by atoms with Gasteiger partial charge < -0.3 is 29.8 Å². The number of nitrogens with two attached hydrogens (primary N) is 1. The van der Waals surface area contributed by atoms with Crippen molar-refractivity contribution in [2.75, 3.05) is 11.9 Å². The van der Waals surface area contributed by atoms with Crippen LogP contribution in [0.5, 0.6) is 0 Å². The Balaban J connectivity index is 0.00000176. The smallest absolute Gasteiger partial charge is 0.779 e. The average molecular weight is 335 g/mol. The van der Waals surface area contributed by atoms with Gasteiger partial charge in [-0.1, -0.05) is 0 Å². The first-order chi connectivity index (χ1) is 9.77. The number of rotatable bonds is 3. The molecule has 1 aliphatic carbocycles. The van der Waals surface area contributed by atoms with Gasteiger partial charge in [-0.2, -0.15) is 0 Å². The molecule has 2 aromatic rings. The molecule has 22 heavy (non-hydrogen) atoms. The van der Waals surface area contributed by atoms with Gasteiger partial charge in [-0.25, -0.2) is 15.0 Å². The molecule has 3 rings (SSSR count).